The van der Waals surface area contributed by atoms with E-state index < -0.39 is 0 Å². The Morgan fingerprint density at radius 2 is 2.00 bits per heavy atom. The average Bonchev–Trinajstić information content (AvgIpc) is 3.11. The van der Waals surface area contributed by atoms with Crippen molar-refractivity contribution in [1.29, 1.82) is 0 Å². The lowest BCUT2D eigenvalue weighted by molar-refractivity contribution is 0.0747. The van der Waals surface area contributed by atoms with Gasteiger partial charge in [0.05, 0.1) is 6.54 Å². The van der Waals surface area contributed by atoms with Gasteiger partial charge in [0.2, 0.25) is 0 Å². The monoisotopic (exact) mass is 380 g/mol. The highest BCUT2D eigenvalue weighted by Crippen LogP contribution is 2.31. The molecule has 0 fully saturated rings. The number of pyridine rings is 1. The van der Waals surface area contributed by atoms with Gasteiger partial charge >= 0.3 is 0 Å². The SMILES string of the molecule is COCC(C)Cc1nc(-c2ccccn2)nn1CC1COc2ccccc2O1. The van der Waals surface area contributed by atoms with Crippen LogP contribution in [0.4, 0.5) is 0 Å². The van der Waals surface area contributed by atoms with Gasteiger partial charge in [-0.2, -0.15) is 0 Å². The van der Waals surface area contributed by atoms with Gasteiger partial charge in [0.1, 0.15) is 18.1 Å². The quantitative estimate of drug-likeness (QED) is 0.627. The summed E-state index contributed by atoms with van der Waals surface area (Å²) in [5.41, 5.74) is 0.757. The molecule has 2 atom stereocenters. The Balaban J connectivity index is 1.57. The molecule has 3 aromatic rings. The summed E-state index contributed by atoms with van der Waals surface area (Å²) in [4.78, 5) is 9.13. The first-order chi connectivity index (χ1) is 13.7. The molecule has 0 saturated carbocycles. The van der Waals surface area contributed by atoms with Gasteiger partial charge in [-0.15, -0.1) is 5.10 Å². The fourth-order valence-corrected chi connectivity index (χ4v) is 3.28. The van der Waals surface area contributed by atoms with Crippen molar-refractivity contribution >= 4 is 0 Å². The van der Waals surface area contributed by atoms with Crippen LogP contribution in [-0.4, -0.2) is 46.2 Å². The zero-order valence-corrected chi connectivity index (χ0v) is 16.1. The molecule has 0 bridgehead atoms. The molecule has 7 nitrogen and oxygen atoms in total. The van der Waals surface area contributed by atoms with Gasteiger partial charge in [-0.3, -0.25) is 4.98 Å². The number of ether oxygens (including phenoxy) is 3. The predicted octanol–water partition coefficient (Wildman–Crippen LogP) is 3.01. The van der Waals surface area contributed by atoms with Crippen LogP contribution in [0, 0.1) is 5.92 Å². The van der Waals surface area contributed by atoms with E-state index in [9.17, 15) is 0 Å². The second-order valence-corrected chi connectivity index (χ2v) is 7.01. The van der Waals surface area contributed by atoms with Gasteiger partial charge in [-0.05, 0) is 30.2 Å². The summed E-state index contributed by atoms with van der Waals surface area (Å²) >= 11 is 0. The maximum Gasteiger partial charge on any atom is 0.200 e. The van der Waals surface area contributed by atoms with E-state index in [1.54, 1.807) is 13.3 Å². The van der Waals surface area contributed by atoms with Crippen molar-refractivity contribution in [1.82, 2.24) is 19.7 Å². The lowest BCUT2D eigenvalue weighted by Crippen LogP contribution is -2.34. The molecular formula is C21H24N4O3. The van der Waals surface area contributed by atoms with Crippen molar-refractivity contribution in [3.63, 3.8) is 0 Å². The van der Waals surface area contributed by atoms with E-state index >= 15 is 0 Å². The van der Waals surface area contributed by atoms with Crippen LogP contribution in [0.5, 0.6) is 11.5 Å². The minimum absolute atomic E-state index is 0.135. The molecule has 0 saturated heterocycles. The summed E-state index contributed by atoms with van der Waals surface area (Å²) in [6, 6.07) is 13.4. The Labute approximate surface area is 164 Å². The normalized spacial score (nSPS) is 16.7. The molecule has 4 rings (SSSR count). The number of nitrogens with zero attached hydrogens (tertiary/aromatic N) is 4. The van der Waals surface area contributed by atoms with E-state index in [-0.39, 0.29) is 6.10 Å². The molecule has 0 spiro atoms. The molecule has 1 aromatic carbocycles. The molecular weight excluding hydrogens is 356 g/mol. The van der Waals surface area contributed by atoms with Crippen LogP contribution >= 0.6 is 0 Å². The smallest absolute Gasteiger partial charge is 0.200 e. The number of fused-ring (bicyclic) bond motifs is 1. The molecule has 0 N–H and O–H groups in total. The first-order valence-corrected chi connectivity index (χ1v) is 9.45. The first kappa shape index (κ1) is 18.4. The van der Waals surface area contributed by atoms with Crippen molar-refractivity contribution in [2.45, 2.75) is 26.0 Å². The van der Waals surface area contributed by atoms with Gasteiger partial charge in [-0.1, -0.05) is 25.1 Å². The molecule has 7 heteroatoms. The van der Waals surface area contributed by atoms with Gasteiger partial charge < -0.3 is 14.2 Å². The average molecular weight is 380 g/mol. The van der Waals surface area contributed by atoms with Crippen molar-refractivity contribution in [2.75, 3.05) is 20.3 Å². The number of methoxy groups -OCH3 is 1. The third kappa shape index (κ3) is 4.14. The number of hydrogen-bond donors (Lipinski definition) is 0. The zero-order valence-electron chi connectivity index (χ0n) is 16.1. The van der Waals surface area contributed by atoms with E-state index in [0.717, 1.165) is 29.4 Å². The largest absolute Gasteiger partial charge is 0.486 e. The summed E-state index contributed by atoms with van der Waals surface area (Å²) < 4.78 is 19.1. The van der Waals surface area contributed by atoms with E-state index in [1.807, 2.05) is 47.1 Å². The summed E-state index contributed by atoms with van der Waals surface area (Å²) in [6.45, 7) is 3.84. The molecule has 0 radical (unpaired) electrons. The second-order valence-electron chi connectivity index (χ2n) is 7.01. The van der Waals surface area contributed by atoms with Crippen LogP contribution in [0.25, 0.3) is 11.5 Å². The van der Waals surface area contributed by atoms with E-state index in [1.165, 1.54) is 0 Å². The molecule has 0 aliphatic carbocycles. The Morgan fingerprint density at radius 3 is 2.79 bits per heavy atom. The second kappa shape index (κ2) is 8.39. The standard InChI is InChI=1S/C21H24N4O3/c1-15(13-26-2)11-20-23-21(17-7-5-6-10-22-17)24-25(20)12-16-14-27-18-8-3-4-9-19(18)28-16/h3-10,15-16H,11-14H2,1-2H3. The van der Waals surface area contributed by atoms with E-state index in [0.29, 0.717) is 31.5 Å². The lowest BCUT2D eigenvalue weighted by Gasteiger charge is -2.26. The Hall–Kier alpha value is -2.93. The molecule has 2 aromatic heterocycles. The minimum atomic E-state index is -0.135. The van der Waals surface area contributed by atoms with Crippen LogP contribution in [0.2, 0.25) is 0 Å². The molecule has 2 unspecified atom stereocenters. The number of rotatable bonds is 7. The number of hydrogen-bond acceptors (Lipinski definition) is 6. The minimum Gasteiger partial charge on any atom is -0.486 e. The third-order valence-electron chi connectivity index (χ3n) is 4.57. The molecule has 1 aliphatic rings. The van der Waals surface area contributed by atoms with Crippen molar-refractivity contribution in [2.24, 2.45) is 5.92 Å². The van der Waals surface area contributed by atoms with Crippen molar-refractivity contribution < 1.29 is 14.2 Å². The molecule has 146 valence electrons. The van der Waals surface area contributed by atoms with E-state index in [2.05, 4.69) is 11.9 Å². The third-order valence-corrected chi connectivity index (χ3v) is 4.57. The van der Waals surface area contributed by atoms with Gasteiger partial charge in [0.15, 0.2) is 23.4 Å². The highest BCUT2D eigenvalue weighted by molar-refractivity contribution is 5.47. The number of aromatic nitrogens is 4. The van der Waals surface area contributed by atoms with Gasteiger partial charge in [-0.25, -0.2) is 9.67 Å². The first-order valence-electron chi connectivity index (χ1n) is 9.45. The summed E-state index contributed by atoms with van der Waals surface area (Å²) in [6.07, 6.45) is 2.38. The van der Waals surface area contributed by atoms with Crippen LogP contribution in [0.3, 0.4) is 0 Å². The number of para-hydroxylation sites is 2. The molecule has 0 amide bonds. The van der Waals surface area contributed by atoms with Gasteiger partial charge in [0, 0.05) is 26.3 Å². The molecule has 1 aliphatic heterocycles. The van der Waals surface area contributed by atoms with Crippen molar-refractivity contribution in [3.8, 4) is 23.0 Å². The fourth-order valence-electron chi connectivity index (χ4n) is 3.28. The molecule has 3 heterocycles. The Morgan fingerprint density at radius 1 is 1.18 bits per heavy atom. The highest BCUT2D eigenvalue weighted by atomic mass is 16.6. The maximum atomic E-state index is 6.10. The van der Waals surface area contributed by atoms with Gasteiger partial charge in [0.25, 0.3) is 0 Å². The van der Waals surface area contributed by atoms with Crippen LogP contribution < -0.4 is 9.47 Å². The summed E-state index contributed by atoms with van der Waals surface area (Å²) in [7, 11) is 1.71. The van der Waals surface area contributed by atoms with Crippen molar-refractivity contribution in [3.05, 3.63) is 54.5 Å². The summed E-state index contributed by atoms with van der Waals surface area (Å²) in [5, 5.41) is 4.71. The fraction of sp³-hybridized carbons (Fsp3) is 0.381. The topological polar surface area (TPSA) is 71.3 Å². The van der Waals surface area contributed by atoms with Crippen LogP contribution in [0.1, 0.15) is 12.7 Å². The molecule has 28 heavy (non-hydrogen) atoms. The Kier molecular flexibility index (Phi) is 5.53. The lowest BCUT2D eigenvalue weighted by atomic mass is 10.1. The Bertz CT molecular complexity index is 913. The number of benzene rings is 1. The summed E-state index contributed by atoms with van der Waals surface area (Å²) in [5.74, 6) is 3.39. The van der Waals surface area contributed by atoms with Crippen LogP contribution in [-0.2, 0) is 17.7 Å². The van der Waals surface area contributed by atoms with Crippen LogP contribution in [0.15, 0.2) is 48.7 Å². The maximum absolute atomic E-state index is 6.10. The predicted molar refractivity (Wildman–Crippen MR) is 104 cm³/mol. The zero-order chi connectivity index (χ0) is 19.3. The highest BCUT2D eigenvalue weighted by Gasteiger charge is 2.24. The van der Waals surface area contributed by atoms with E-state index in [4.69, 9.17) is 24.3 Å².